The maximum atomic E-state index is 11.8. The number of aliphatic hydroxyl groups is 1. The fourth-order valence-corrected chi connectivity index (χ4v) is 6.23. The Morgan fingerprint density at radius 1 is 1.00 bits per heavy atom. The maximum Gasteiger partial charge on any atom is 0.334 e. The van der Waals surface area contributed by atoms with Gasteiger partial charge in [-0.25, -0.2) is 9.48 Å². The van der Waals surface area contributed by atoms with Gasteiger partial charge >= 0.3 is 11.9 Å². The number of rotatable bonds is 18. The Bertz CT molecular complexity index is 1210. The van der Waals surface area contributed by atoms with Crippen LogP contribution in [-0.4, -0.2) is 65.9 Å². The molecule has 1 heterocycles. The second-order valence-electron chi connectivity index (χ2n) is 8.62. The van der Waals surface area contributed by atoms with Crippen molar-refractivity contribution in [3.63, 3.8) is 0 Å². The first-order valence-corrected chi connectivity index (χ1v) is 14.9. The van der Waals surface area contributed by atoms with Crippen LogP contribution in [-0.2, 0) is 16.1 Å². The highest BCUT2D eigenvalue weighted by Crippen LogP contribution is 2.41. The molecule has 2 atom stereocenters. The second-order valence-corrected chi connectivity index (χ2v) is 11.3. The van der Waals surface area contributed by atoms with Crippen LogP contribution in [0.25, 0.3) is 0 Å². The number of tetrazole rings is 1. The smallest absolute Gasteiger partial charge is 0.334 e. The van der Waals surface area contributed by atoms with Crippen LogP contribution in [0, 0.1) is 0 Å². The lowest BCUT2D eigenvalue weighted by atomic mass is 10.1. The summed E-state index contributed by atoms with van der Waals surface area (Å²) in [4.78, 5) is 24.3. The molecule has 2 unspecified atom stereocenters. The number of aryl methyl sites for hydroxylation is 1. The summed E-state index contributed by atoms with van der Waals surface area (Å²) in [6.45, 7) is 0.898. The Hall–Kier alpha value is -2.74. The van der Waals surface area contributed by atoms with Crippen molar-refractivity contribution in [3.05, 3.63) is 54.1 Å². The first-order valence-electron chi connectivity index (χ1n) is 12.5. The van der Waals surface area contributed by atoms with E-state index in [0.717, 1.165) is 58.7 Å². The minimum absolute atomic E-state index is 0.0404. The number of nitrogens with zero attached hydrogens (tertiary/aromatic N) is 4. The Morgan fingerprint density at radius 2 is 1.74 bits per heavy atom. The largest absolute Gasteiger partial charge is 0.492 e. The second kappa shape index (κ2) is 16.4. The summed E-state index contributed by atoms with van der Waals surface area (Å²) >= 11 is 7.06. The van der Waals surface area contributed by atoms with Crippen molar-refractivity contribution in [2.75, 3.05) is 12.4 Å². The Kier molecular flexibility index (Phi) is 12.9. The van der Waals surface area contributed by atoms with Gasteiger partial charge in [-0.1, -0.05) is 54.9 Å². The third kappa shape index (κ3) is 10.1. The number of thiol groups is 1. The third-order valence-electron chi connectivity index (χ3n) is 5.68. The Morgan fingerprint density at radius 3 is 2.51 bits per heavy atom. The van der Waals surface area contributed by atoms with Gasteiger partial charge in [0.25, 0.3) is 0 Å². The fraction of sp³-hybridized carbons (Fsp3) is 0.423. The molecule has 3 aromatic rings. The molecule has 0 saturated heterocycles. The average Bonchev–Trinajstić information content (AvgIpc) is 3.36. The van der Waals surface area contributed by atoms with Gasteiger partial charge in [0.2, 0.25) is 5.16 Å². The molecule has 10 nitrogen and oxygen atoms in total. The van der Waals surface area contributed by atoms with Crippen molar-refractivity contribution in [1.82, 2.24) is 20.2 Å². The van der Waals surface area contributed by atoms with Crippen LogP contribution in [0.3, 0.4) is 0 Å². The van der Waals surface area contributed by atoms with Gasteiger partial charge in [-0.2, -0.15) is 0 Å². The zero-order chi connectivity index (χ0) is 28.0. The fourth-order valence-electron chi connectivity index (χ4n) is 3.69. The van der Waals surface area contributed by atoms with E-state index in [0.29, 0.717) is 23.7 Å². The number of carbonyl (C=O) groups is 2. The normalized spacial score (nSPS) is 12.7. The molecule has 1 aromatic heterocycles. The van der Waals surface area contributed by atoms with Crippen LogP contribution >= 0.6 is 36.2 Å². The van der Waals surface area contributed by atoms with Gasteiger partial charge in [-0.05, 0) is 59.2 Å². The Labute approximate surface area is 240 Å². The molecule has 0 radical (unpaired) electrons. The molecular weight excluding hydrogens is 561 g/mol. The number of thioether (sulfide) groups is 2. The molecule has 0 saturated carbocycles. The molecule has 0 fully saturated rings. The van der Waals surface area contributed by atoms with Crippen molar-refractivity contribution in [1.29, 1.82) is 0 Å². The van der Waals surface area contributed by atoms with Crippen molar-refractivity contribution in [2.45, 2.75) is 71.4 Å². The van der Waals surface area contributed by atoms with E-state index >= 15 is 0 Å². The first kappa shape index (κ1) is 30.8. The maximum absolute atomic E-state index is 11.8. The molecule has 2 aromatic carbocycles. The molecule has 39 heavy (non-hydrogen) atoms. The van der Waals surface area contributed by atoms with Gasteiger partial charge in [-0.15, -0.1) is 29.5 Å². The minimum Gasteiger partial charge on any atom is -0.492 e. The van der Waals surface area contributed by atoms with E-state index in [4.69, 9.17) is 9.84 Å². The lowest BCUT2D eigenvalue weighted by molar-refractivity contribution is -0.146. The molecule has 210 valence electrons. The van der Waals surface area contributed by atoms with Crippen LogP contribution < -0.4 is 4.74 Å². The summed E-state index contributed by atoms with van der Waals surface area (Å²) in [5.74, 6) is -0.640. The lowest BCUT2D eigenvalue weighted by Gasteiger charge is -2.22. The van der Waals surface area contributed by atoms with E-state index in [1.165, 1.54) is 4.68 Å². The van der Waals surface area contributed by atoms with Crippen LogP contribution in [0.15, 0.2) is 63.5 Å². The number of para-hydroxylation sites is 1. The van der Waals surface area contributed by atoms with Gasteiger partial charge in [-0.3, -0.25) is 4.79 Å². The number of hydrogen-bond acceptors (Lipinski definition) is 10. The summed E-state index contributed by atoms with van der Waals surface area (Å²) < 4.78 is 7.22. The number of carboxylic acid groups (broad SMARTS) is 2. The molecule has 0 aliphatic heterocycles. The summed E-state index contributed by atoms with van der Waals surface area (Å²) in [6, 6.07) is 15.1. The van der Waals surface area contributed by atoms with Gasteiger partial charge in [0.15, 0.2) is 6.10 Å². The topological polar surface area (TPSA) is 148 Å². The monoisotopic (exact) mass is 592 g/mol. The van der Waals surface area contributed by atoms with E-state index in [-0.39, 0.29) is 13.0 Å². The highest BCUT2D eigenvalue weighted by molar-refractivity contribution is 8.00. The van der Waals surface area contributed by atoms with Crippen LogP contribution in [0.2, 0.25) is 0 Å². The van der Waals surface area contributed by atoms with E-state index in [1.54, 1.807) is 23.9 Å². The van der Waals surface area contributed by atoms with E-state index in [9.17, 15) is 19.8 Å². The quantitative estimate of drug-likeness (QED) is 0.0914. The van der Waals surface area contributed by atoms with Gasteiger partial charge < -0.3 is 20.1 Å². The highest BCUT2D eigenvalue weighted by atomic mass is 32.2. The third-order valence-corrected chi connectivity index (χ3v) is 8.49. The molecule has 13 heteroatoms. The van der Waals surface area contributed by atoms with Gasteiger partial charge in [0.05, 0.1) is 11.9 Å². The van der Waals surface area contributed by atoms with Crippen LogP contribution in [0.1, 0.15) is 49.3 Å². The zero-order valence-corrected chi connectivity index (χ0v) is 23.8. The van der Waals surface area contributed by atoms with Crippen molar-refractivity contribution < 1.29 is 29.6 Å². The standard InChI is InChI=1S/C26H32N4O6S3/c31-22(32)14-9-15-30-26(27-28-29-30)39-24(23(33)25(34)35)18-10-3-6-13-21(18)38-17-8-2-1-7-16-36-19-11-4-5-12-20(19)37/h3-6,10-13,23-24,33,37H,1-2,7-9,14-17H2,(H,31,32)(H,34,35). The minimum atomic E-state index is -1.69. The number of aliphatic carboxylic acids is 2. The molecule has 3 N–H and O–H groups in total. The van der Waals surface area contributed by atoms with Crippen molar-refractivity contribution >= 4 is 48.1 Å². The number of ether oxygens (including phenoxy) is 1. The molecule has 0 spiro atoms. The van der Waals surface area contributed by atoms with Crippen LogP contribution in [0.4, 0.5) is 0 Å². The number of aliphatic hydroxyl groups excluding tert-OH is 1. The first-order chi connectivity index (χ1) is 18.9. The van der Waals surface area contributed by atoms with E-state index < -0.39 is 23.3 Å². The van der Waals surface area contributed by atoms with Gasteiger partial charge in [0, 0.05) is 22.8 Å². The number of carboxylic acids is 2. The number of aromatic nitrogens is 4. The summed E-state index contributed by atoms with van der Waals surface area (Å²) in [5.41, 5.74) is 0.682. The number of hydrogen-bond donors (Lipinski definition) is 4. The predicted molar refractivity (Wildman–Crippen MR) is 152 cm³/mol. The molecule has 3 rings (SSSR count). The lowest BCUT2D eigenvalue weighted by Crippen LogP contribution is -2.26. The van der Waals surface area contributed by atoms with Crippen molar-refractivity contribution in [2.24, 2.45) is 0 Å². The SMILES string of the molecule is O=C(O)CCCn1nnnc1SC(c1ccccc1SCCCCCCOc1ccccc1S)C(O)C(=O)O. The molecular formula is C26H32N4O6S3. The van der Waals surface area contributed by atoms with Gasteiger partial charge in [0.1, 0.15) is 5.75 Å². The summed E-state index contributed by atoms with van der Waals surface area (Å²) in [6.07, 6.45) is 2.56. The Balaban J connectivity index is 1.55. The highest BCUT2D eigenvalue weighted by Gasteiger charge is 2.32. The molecule has 0 amide bonds. The zero-order valence-electron chi connectivity index (χ0n) is 21.3. The van der Waals surface area contributed by atoms with E-state index in [2.05, 4.69) is 28.2 Å². The van der Waals surface area contributed by atoms with Crippen LogP contribution in [0.5, 0.6) is 5.75 Å². The number of benzene rings is 2. The molecule has 0 bridgehead atoms. The molecule has 0 aliphatic rings. The predicted octanol–water partition coefficient (Wildman–Crippen LogP) is 4.84. The molecule has 0 aliphatic carbocycles. The van der Waals surface area contributed by atoms with Crippen molar-refractivity contribution in [3.8, 4) is 5.75 Å². The summed E-state index contributed by atoms with van der Waals surface area (Å²) in [7, 11) is 0. The number of unbranched alkanes of at least 4 members (excludes halogenated alkanes) is 3. The summed E-state index contributed by atoms with van der Waals surface area (Å²) in [5, 5.41) is 40.1. The van der Waals surface area contributed by atoms with E-state index in [1.807, 2.05) is 36.4 Å². The average molecular weight is 593 g/mol.